The number of morpholine rings is 1. The number of thiazole rings is 1. The van der Waals surface area contributed by atoms with Crippen LogP contribution in [0.1, 0.15) is 56.0 Å². The van der Waals surface area contributed by atoms with Gasteiger partial charge in [-0.05, 0) is 31.6 Å². The lowest BCUT2D eigenvalue weighted by molar-refractivity contribution is 0.0305. The van der Waals surface area contributed by atoms with Crippen molar-refractivity contribution in [1.29, 1.82) is 0 Å². The van der Waals surface area contributed by atoms with Crippen molar-refractivity contribution in [3.63, 3.8) is 0 Å². The Labute approximate surface area is 130 Å². The van der Waals surface area contributed by atoms with Crippen molar-refractivity contribution >= 4 is 16.5 Å². The number of rotatable bonds is 5. The van der Waals surface area contributed by atoms with Crippen molar-refractivity contribution in [1.82, 2.24) is 10.3 Å². The molecule has 116 valence electrons. The molecule has 4 nitrogen and oxygen atoms in total. The maximum atomic E-state index is 5.94. The van der Waals surface area contributed by atoms with Crippen molar-refractivity contribution in [2.75, 3.05) is 18.0 Å². The molecule has 0 aromatic carbocycles. The Kier molecular flexibility index (Phi) is 3.67. The van der Waals surface area contributed by atoms with Gasteiger partial charge in [0.25, 0.3) is 0 Å². The van der Waals surface area contributed by atoms with E-state index < -0.39 is 0 Å². The third-order valence-corrected chi connectivity index (χ3v) is 5.84. The quantitative estimate of drug-likeness (QED) is 0.907. The van der Waals surface area contributed by atoms with Crippen LogP contribution in [0.15, 0.2) is 0 Å². The number of anilines is 1. The summed E-state index contributed by atoms with van der Waals surface area (Å²) in [6.45, 7) is 7.55. The first-order valence-corrected chi connectivity index (χ1v) is 9.14. The standard InChI is InChI=1S/C16H25N3OS/c1-10(2)15-14(7-17-11-3-4-11)21-16(18-15)19-8-12-5-6-13(9-19)20-12/h10-13,17H,3-9H2,1-2H3. The van der Waals surface area contributed by atoms with Crippen LogP contribution in [0.4, 0.5) is 5.13 Å². The van der Waals surface area contributed by atoms with Crippen LogP contribution in [0.25, 0.3) is 0 Å². The highest BCUT2D eigenvalue weighted by atomic mass is 32.1. The Balaban J connectivity index is 1.52. The van der Waals surface area contributed by atoms with E-state index in [4.69, 9.17) is 9.72 Å². The Morgan fingerprint density at radius 2 is 1.95 bits per heavy atom. The van der Waals surface area contributed by atoms with Gasteiger partial charge in [0, 0.05) is 30.6 Å². The number of nitrogens with one attached hydrogen (secondary N) is 1. The molecule has 4 rings (SSSR count). The molecule has 3 aliphatic rings. The van der Waals surface area contributed by atoms with Crippen LogP contribution < -0.4 is 10.2 Å². The smallest absolute Gasteiger partial charge is 0.186 e. The van der Waals surface area contributed by atoms with Gasteiger partial charge in [0.15, 0.2) is 5.13 Å². The lowest BCUT2D eigenvalue weighted by Crippen LogP contribution is -2.42. The minimum Gasteiger partial charge on any atom is -0.371 e. The molecule has 21 heavy (non-hydrogen) atoms. The largest absolute Gasteiger partial charge is 0.371 e. The average molecular weight is 307 g/mol. The minimum atomic E-state index is 0.434. The third-order valence-electron chi connectivity index (χ3n) is 4.71. The average Bonchev–Trinajstić information content (AvgIpc) is 3.10. The summed E-state index contributed by atoms with van der Waals surface area (Å²) < 4.78 is 5.94. The second-order valence-electron chi connectivity index (χ2n) is 6.98. The highest BCUT2D eigenvalue weighted by Gasteiger charge is 2.35. The normalized spacial score (nSPS) is 28.6. The molecule has 3 heterocycles. The second-order valence-corrected chi connectivity index (χ2v) is 8.04. The van der Waals surface area contributed by atoms with Crippen LogP contribution in [0.5, 0.6) is 0 Å². The van der Waals surface area contributed by atoms with Crippen molar-refractivity contribution in [2.24, 2.45) is 0 Å². The summed E-state index contributed by atoms with van der Waals surface area (Å²) >= 11 is 1.89. The highest BCUT2D eigenvalue weighted by molar-refractivity contribution is 7.15. The predicted octanol–water partition coefficient (Wildman–Crippen LogP) is 2.89. The number of hydrogen-bond acceptors (Lipinski definition) is 5. The summed E-state index contributed by atoms with van der Waals surface area (Å²) in [7, 11) is 0. The van der Waals surface area contributed by atoms with E-state index in [0.29, 0.717) is 18.1 Å². The fourth-order valence-corrected chi connectivity index (χ4v) is 4.54. The number of fused-ring (bicyclic) bond motifs is 2. The predicted molar refractivity (Wildman–Crippen MR) is 86.2 cm³/mol. The molecule has 5 heteroatoms. The highest BCUT2D eigenvalue weighted by Crippen LogP contribution is 2.35. The fourth-order valence-electron chi connectivity index (χ4n) is 3.36. The van der Waals surface area contributed by atoms with E-state index in [1.165, 1.54) is 41.4 Å². The van der Waals surface area contributed by atoms with Crippen molar-refractivity contribution < 1.29 is 4.74 Å². The molecule has 0 amide bonds. The Morgan fingerprint density at radius 3 is 2.57 bits per heavy atom. The van der Waals surface area contributed by atoms with Crippen LogP contribution in [0, 0.1) is 0 Å². The first-order chi connectivity index (χ1) is 10.2. The van der Waals surface area contributed by atoms with Crippen LogP contribution in [0.2, 0.25) is 0 Å². The van der Waals surface area contributed by atoms with E-state index >= 15 is 0 Å². The van der Waals surface area contributed by atoms with Crippen molar-refractivity contribution in [3.8, 4) is 0 Å². The zero-order valence-corrected chi connectivity index (χ0v) is 13.8. The molecule has 0 spiro atoms. The first kappa shape index (κ1) is 14.0. The van der Waals surface area contributed by atoms with Gasteiger partial charge >= 0.3 is 0 Å². The van der Waals surface area contributed by atoms with Gasteiger partial charge in [-0.25, -0.2) is 4.98 Å². The summed E-state index contributed by atoms with van der Waals surface area (Å²) in [5.41, 5.74) is 1.29. The van der Waals surface area contributed by atoms with E-state index in [9.17, 15) is 0 Å². The zero-order chi connectivity index (χ0) is 14.4. The second kappa shape index (κ2) is 5.52. The molecule has 2 aliphatic heterocycles. The summed E-state index contributed by atoms with van der Waals surface area (Å²) in [5.74, 6) is 0.503. The van der Waals surface area contributed by atoms with Crippen LogP contribution in [0.3, 0.4) is 0 Å². The molecular weight excluding hydrogens is 282 g/mol. The van der Waals surface area contributed by atoms with Crippen LogP contribution >= 0.6 is 11.3 Å². The van der Waals surface area contributed by atoms with Gasteiger partial charge in [-0.1, -0.05) is 13.8 Å². The Bertz CT molecular complexity index is 500. The maximum Gasteiger partial charge on any atom is 0.186 e. The van der Waals surface area contributed by atoms with Gasteiger partial charge < -0.3 is 15.0 Å². The van der Waals surface area contributed by atoms with E-state index in [-0.39, 0.29) is 0 Å². The molecule has 1 aromatic rings. The van der Waals surface area contributed by atoms with Crippen molar-refractivity contribution in [3.05, 3.63) is 10.6 Å². The lowest BCUT2D eigenvalue weighted by atomic mass is 10.1. The molecule has 2 unspecified atom stereocenters. The summed E-state index contributed by atoms with van der Waals surface area (Å²) in [6.07, 6.45) is 6.00. The number of nitrogens with zero attached hydrogens (tertiary/aromatic N) is 2. The van der Waals surface area contributed by atoms with Gasteiger partial charge in [-0.3, -0.25) is 0 Å². The molecule has 1 aromatic heterocycles. The number of hydrogen-bond donors (Lipinski definition) is 1. The van der Waals surface area contributed by atoms with Crippen molar-refractivity contribution in [2.45, 2.75) is 70.2 Å². The molecule has 3 fully saturated rings. The third kappa shape index (κ3) is 2.96. The molecule has 0 radical (unpaired) electrons. The summed E-state index contributed by atoms with van der Waals surface area (Å²) in [6, 6.07) is 0.759. The fraction of sp³-hybridized carbons (Fsp3) is 0.812. The number of aromatic nitrogens is 1. The van der Waals surface area contributed by atoms with Crippen LogP contribution in [-0.4, -0.2) is 36.3 Å². The molecule has 1 aliphatic carbocycles. The Morgan fingerprint density at radius 1 is 1.24 bits per heavy atom. The van der Waals surface area contributed by atoms with Gasteiger partial charge in [-0.15, -0.1) is 11.3 Å². The monoisotopic (exact) mass is 307 g/mol. The topological polar surface area (TPSA) is 37.4 Å². The molecule has 2 saturated heterocycles. The van der Waals surface area contributed by atoms with E-state index in [1.54, 1.807) is 0 Å². The van der Waals surface area contributed by atoms with E-state index in [1.807, 2.05) is 11.3 Å². The maximum absolute atomic E-state index is 5.94. The first-order valence-electron chi connectivity index (χ1n) is 8.32. The summed E-state index contributed by atoms with van der Waals surface area (Å²) in [5, 5.41) is 4.86. The molecule has 1 saturated carbocycles. The van der Waals surface area contributed by atoms with Gasteiger partial charge in [0.2, 0.25) is 0 Å². The van der Waals surface area contributed by atoms with Gasteiger partial charge in [0.05, 0.1) is 17.9 Å². The zero-order valence-electron chi connectivity index (χ0n) is 13.0. The summed E-state index contributed by atoms with van der Waals surface area (Å²) in [4.78, 5) is 8.87. The molecule has 2 atom stereocenters. The Hall–Kier alpha value is -0.650. The minimum absolute atomic E-state index is 0.434. The molecule has 2 bridgehead atoms. The lowest BCUT2D eigenvalue weighted by Gasteiger charge is -2.31. The molecular formula is C16H25N3OS. The molecule has 1 N–H and O–H groups in total. The van der Waals surface area contributed by atoms with Gasteiger partial charge in [-0.2, -0.15) is 0 Å². The number of ether oxygens (including phenoxy) is 1. The van der Waals surface area contributed by atoms with Gasteiger partial charge in [0.1, 0.15) is 0 Å². The van der Waals surface area contributed by atoms with Crippen LogP contribution in [-0.2, 0) is 11.3 Å². The van der Waals surface area contributed by atoms with E-state index in [0.717, 1.165) is 25.7 Å². The van der Waals surface area contributed by atoms with E-state index in [2.05, 4.69) is 24.1 Å². The SMILES string of the molecule is CC(C)c1nc(N2CC3CCC(C2)O3)sc1CNC1CC1.